The minimum absolute atomic E-state index is 0.0167. The van der Waals surface area contributed by atoms with Crippen LogP contribution in [0.3, 0.4) is 0 Å². The summed E-state index contributed by atoms with van der Waals surface area (Å²) in [7, 11) is 0. The monoisotopic (exact) mass is 845 g/mol. The van der Waals surface area contributed by atoms with Gasteiger partial charge >= 0.3 is 0 Å². The van der Waals surface area contributed by atoms with E-state index in [4.69, 9.17) is 9.97 Å². The van der Waals surface area contributed by atoms with E-state index in [-0.39, 0.29) is 16.6 Å². The van der Waals surface area contributed by atoms with Gasteiger partial charge in [-0.3, -0.25) is 9.55 Å². The van der Waals surface area contributed by atoms with Crippen molar-refractivity contribution < 1.29 is 5.11 Å². The first-order chi connectivity index (χ1) is 31.1. The molecule has 0 amide bonds. The normalized spacial score (nSPS) is 12.1. The van der Waals surface area contributed by atoms with Gasteiger partial charge in [0.15, 0.2) is 0 Å². The molecule has 2 aromatic heterocycles. The molecule has 0 aliphatic heterocycles. The first kappa shape index (κ1) is 41.7. The van der Waals surface area contributed by atoms with Crippen LogP contribution in [0, 0.1) is 20.8 Å². The summed E-state index contributed by atoms with van der Waals surface area (Å²) in [5.41, 5.74) is 19.3. The molecule has 0 unspecified atom stereocenters. The zero-order valence-electron chi connectivity index (χ0n) is 38.9. The fourth-order valence-corrected chi connectivity index (χ4v) is 9.85. The summed E-state index contributed by atoms with van der Waals surface area (Å²) < 4.78 is 2.25. The highest BCUT2D eigenvalue weighted by atomic mass is 16.3. The van der Waals surface area contributed by atoms with Crippen LogP contribution in [-0.4, -0.2) is 19.6 Å². The molecule has 4 heteroatoms. The SMILES string of the molecule is Cc1cc(C)c(-c2ccnc3c(-c4cccc(-c5cc(-c6cccc7ccccc67)cc6c5nc(-c5cc(C(C)(C)C)ccc5O)n6-c5ccc(C(C)(C)C)cc5)c4)cccc23)c(C)c1. The van der Waals surface area contributed by atoms with Crippen LogP contribution in [-0.2, 0) is 10.8 Å². The van der Waals surface area contributed by atoms with Crippen molar-refractivity contribution in [3.8, 4) is 67.3 Å². The van der Waals surface area contributed by atoms with E-state index in [0.29, 0.717) is 11.4 Å². The lowest BCUT2D eigenvalue weighted by atomic mass is 9.86. The molecule has 0 atom stereocenters. The number of aromatic hydroxyl groups is 1. The lowest BCUT2D eigenvalue weighted by molar-refractivity contribution is 0.475. The molecule has 65 heavy (non-hydrogen) atoms. The fourth-order valence-electron chi connectivity index (χ4n) is 9.85. The number of rotatable bonds is 6. The zero-order chi connectivity index (χ0) is 45.4. The predicted octanol–water partition coefficient (Wildman–Crippen LogP) is 16.3. The number of phenolic OH excluding ortho intramolecular Hbond substituents is 1. The van der Waals surface area contributed by atoms with Crippen LogP contribution >= 0.6 is 0 Å². The third-order valence-electron chi connectivity index (χ3n) is 13.2. The minimum Gasteiger partial charge on any atom is -0.507 e. The Morgan fingerprint density at radius 2 is 1.11 bits per heavy atom. The molecule has 0 saturated heterocycles. The third kappa shape index (κ3) is 7.47. The van der Waals surface area contributed by atoms with Crippen LogP contribution in [0.5, 0.6) is 5.75 Å². The molecule has 2 heterocycles. The summed E-state index contributed by atoms with van der Waals surface area (Å²) in [5.74, 6) is 0.879. The first-order valence-corrected chi connectivity index (χ1v) is 22.7. The second kappa shape index (κ2) is 15.7. The summed E-state index contributed by atoms with van der Waals surface area (Å²) in [6.45, 7) is 19.9. The van der Waals surface area contributed by atoms with E-state index in [1.165, 1.54) is 44.2 Å². The van der Waals surface area contributed by atoms with Gasteiger partial charge in [0, 0.05) is 28.4 Å². The highest BCUT2D eigenvalue weighted by Gasteiger charge is 2.25. The second-order valence-electron chi connectivity index (χ2n) is 19.9. The number of benzene rings is 8. The van der Waals surface area contributed by atoms with Crippen LogP contribution in [0.15, 0.2) is 164 Å². The fraction of sp³-hybridized carbons (Fsp3) is 0.180. The number of para-hydroxylation sites is 1. The Bertz CT molecular complexity index is 3460. The third-order valence-corrected chi connectivity index (χ3v) is 13.2. The number of hydrogen-bond acceptors (Lipinski definition) is 3. The Balaban J connectivity index is 1.26. The molecule has 0 aliphatic rings. The maximum Gasteiger partial charge on any atom is 0.149 e. The van der Waals surface area contributed by atoms with E-state index in [1.54, 1.807) is 0 Å². The highest BCUT2D eigenvalue weighted by molar-refractivity contribution is 6.06. The van der Waals surface area contributed by atoms with Crippen molar-refractivity contribution in [2.45, 2.75) is 73.1 Å². The Morgan fingerprint density at radius 3 is 1.85 bits per heavy atom. The summed E-state index contributed by atoms with van der Waals surface area (Å²) in [6, 6.07) is 56.6. The topological polar surface area (TPSA) is 50.9 Å². The largest absolute Gasteiger partial charge is 0.507 e. The average Bonchev–Trinajstić information content (AvgIpc) is 3.67. The second-order valence-corrected chi connectivity index (χ2v) is 19.9. The van der Waals surface area contributed by atoms with Gasteiger partial charge in [-0.2, -0.15) is 0 Å². The van der Waals surface area contributed by atoms with Crippen molar-refractivity contribution in [3.63, 3.8) is 0 Å². The van der Waals surface area contributed by atoms with Gasteiger partial charge in [0.1, 0.15) is 11.6 Å². The summed E-state index contributed by atoms with van der Waals surface area (Å²) in [5, 5.41) is 15.3. The van der Waals surface area contributed by atoms with Gasteiger partial charge in [-0.05, 0) is 147 Å². The quantitative estimate of drug-likeness (QED) is 0.181. The number of aromatic nitrogens is 3. The molecular weight excluding hydrogens is 791 g/mol. The standard InChI is InChI=1S/C61H55N3O/c1-37-31-38(2)56(39(3)32-37)50-29-30-62-57-49(21-14-22-51(50)57)41-17-12-18-42(33-41)52-34-43(48-20-13-16-40-15-10-11-19-47(40)48)35-54-58(52)63-59(53-36-45(61(7,8)9)25-28-55(53)65)64(54)46-26-23-44(24-27-46)60(4,5)6/h10-36,65H,1-9H3. The van der Waals surface area contributed by atoms with Gasteiger partial charge in [0.05, 0.1) is 22.1 Å². The van der Waals surface area contributed by atoms with Crippen molar-refractivity contribution in [2.24, 2.45) is 0 Å². The van der Waals surface area contributed by atoms with E-state index in [1.807, 2.05) is 18.3 Å². The van der Waals surface area contributed by atoms with Crippen LogP contribution in [0.2, 0.25) is 0 Å². The van der Waals surface area contributed by atoms with Gasteiger partial charge in [-0.1, -0.05) is 156 Å². The van der Waals surface area contributed by atoms with Gasteiger partial charge < -0.3 is 5.11 Å². The number of nitrogens with zero attached hydrogens (tertiary/aromatic N) is 3. The molecule has 4 nitrogen and oxygen atoms in total. The molecular formula is C61H55N3O. The van der Waals surface area contributed by atoms with E-state index in [9.17, 15) is 5.11 Å². The van der Waals surface area contributed by atoms with Crippen molar-refractivity contribution in [1.82, 2.24) is 14.5 Å². The smallest absolute Gasteiger partial charge is 0.149 e. The average molecular weight is 846 g/mol. The van der Waals surface area contributed by atoms with Crippen LogP contribution < -0.4 is 0 Å². The molecule has 0 spiro atoms. The van der Waals surface area contributed by atoms with Gasteiger partial charge in [0.2, 0.25) is 0 Å². The number of hydrogen-bond donors (Lipinski definition) is 1. The maximum atomic E-state index is 11.8. The Kier molecular flexibility index (Phi) is 10.1. The van der Waals surface area contributed by atoms with Gasteiger partial charge in [0.25, 0.3) is 0 Å². The Hall–Kier alpha value is -7.30. The molecule has 0 radical (unpaired) electrons. The Labute approximate surface area is 382 Å². The molecule has 0 aliphatic carbocycles. The molecule has 0 saturated carbocycles. The molecule has 10 rings (SSSR count). The summed E-state index contributed by atoms with van der Waals surface area (Å²) >= 11 is 0. The van der Waals surface area contributed by atoms with Gasteiger partial charge in [-0.25, -0.2) is 4.98 Å². The molecule has 1 N–H and O–H groups in total. The van der Waals surface area contributed by atoms with Crippen molar-refractivity contribution in [2.75, 3.05) is 0 Å². The van der Waals surface area contributed by atoms with E-state index < -0.39 is 0 Å². The molecule has 8 aromatic carbocycles. The molecule has 10 aromatic rings. The number of imidazole rings is 1. The van der Waals surface area contributed by atoms with Crippen LogP contribution in [0.1, 0.15) is 69.4 Å². The zero-order valence-corrected chi connectivity index (χ0v) is 38.9. The highest BCUT2D eigenvalue weighted by Crippen LogP contribution is 2.44. The molecule has 0 fully saturated rings. The summed E-state index contributed by atoms with van der Waals surface area (Å²) in [6.07, 6.45) is 1.95. The molecule has 0 bridgehead atoms. The van der Waals surface area contributed by atoms with E-state index >= 15 is 0 Å². The van der Waals surface area contributed by atoms with Crippen molar-refractivity contribution >= 4 is 32.7 Å². The van der Waals surface area contributed by atoms with Gasteiger partial charge in [-0.15, -0.1) is 0 Å². The van der Waals surface area contributed by atoms with Crippen LogP contribution in [0.4, 0.5) is 0 Å². The van der Waals surface area contributed by atoms with E-state index in [0.717, 1.165) is 66.6 Å². The van der Waals surface area contributed by atoms with Crippen LogP contribution in [0.25, 0.3) is 94.3 Å². The van der Waals surface area contributed by atoms with Crippen molar-refractivity contribution in [1.29, 1.82) is 0 Å². The lowest BCUT2D eigenvalue weighted by Gasteiger charge is -2.21. The number of phenols is 1. The number of fused-ring (bicyclic) bond motifs is 3. The number of pyridine rings is 1. The minimum atomic E-state index is -0.143. The summed E-state index contributed by atoms with van der Waals surface area (Å²) in [4.78, 5) is 10.7. The Morgan fingerprint density at radius 1 is 0.477 bits per heavy atom. The van der Waals surface area contributed by atoms with Crippen molar-refractivity contribution in [3.05, 3.63) is 192 Å². The number of aryl methyl sites for hydroxylation is 3. The lowest BCUT2D eigenvalue weighted by Crippen LogP contribution is -2.11. The molecule has 320 valence electrons. The predicted molar refractivity (Wildman–Crippen MR) is 274 cm³/mol. The van der Waals surface area contributed by atoms with E-state index in [2.05, 4.69) is 212 Å². The first-order valence-electron chi connectivity index (χ1n) is 22.7. The maximum absolute atomic E-state index is 11.8.